The summed E-state index contributed by atoms with van der Waals surface area (Å²) in [6.45, 7) is 10.3. The molecule has 16 amide bonds. The lowest BCUT2D eigenvalue weighted by molar-refractivity contribution is -0.142. The first-order valence-corrected chi connectivity index (χ1v) is 45.9. The summed E-state index contributed by atoms with van der Waals surface area (Å²) in [5, 5.41) is 107. The van der Waals surface area contributed by atoms with Crippen LogP contribution in [0.2, 0.25) is 0 Å². The number of rotatable bonds is 62. The minimum absolute atomic E-state index is 0.0436. The van der Waals surface area contributed by atoms with E-state index in [1.54, 1.807) is 41.5 Å². The number of hydrogen-bond acceptors (Lipinski definition) is 30. The molecule has 1 saturated heterocycles. The van der Waals surface area contributed by atoms with Crippen molar-refractivity contribution < 1.29 is 107 Å². The van der Waals surface area contributed by atoms with E-state index in [0.29, 0.717) is 24.0 Å². The first-order chi connectivity index (χ1) is 63.7. The quantitative estimate of drug-likeness (QED) is 0.0127. The van der Waals surface area contributed by atoms with E-state index in [4.69, 9.17) is 56.7 Å². The van der Waals surface area contributed by atoms with Crippen molar-refractivity contribution in [3.8, 4) is 11.5 Å². The predicted octanol–water partition coefficient (Wildman–Crippen LogP) is -9.39. The van der Waals surface area contributed by atoms with Crippen LogP contribution < -0.4 is 131 Å². The molecule has 0 aromatic heterocycles. The highest BCUT2D eigenvalue weighted by Gasteiger charge is 2.45. The minimum Gasteiger partial charge on any atom is -0.508 e. The molecule has 1 fully saturated rings. The Hall–Kier alpha value is -12.0. The molecular formula is C84H141N27O22S2. The third kappa shape index (κ3) is 40.6. The molecule has 135 heavy (non-hydrogen) atoms. The predicted molar refractivity (Wildman–Crippen MR) is 502 cm³/mol. The molecule has 3 rings (SSSR count). The molecule has 1 aliphatic heterocycles. The summed E-state index contributed by atoms with van der Waals surface area (Å²) >= 11 is 8.57. The molecule has 0 saturated carbocycles. The molecular weight excluding hydrogens is 1800 g/mol. The minimum atomic E-state index is -1.96. The number of nitrogens with one attached hydrogen (secondary N) is 18. The number of guanidine groups is 2. The summed E-state index contributed by atoms with van der Waals surface area (Å²) in [6, 6.07) is -13.8. The maximum atomic E-state index is 14.7. The summed E-state index contributed by atoms with van der Waals surface area (Å²) in [4.78, 5) is 241. The Morgan fingerprint density at radius 1 is 0.422 bits per heavy atom. The summed E-state index contributed by atoms with van der Waals surface area (Å²) in [7, 11) is 0. The number of benzene rings is 2. The van der Waals surface area contributed by atoms with Gasteiger partial charge in [-0.1, -0.05) is 78.6 Å². The summed E-state index contributed by atoms with van der Waals surface area (Å²) in [6.07, 6.45) is -5.08. The van der Waals surface area contributed by atoms with Gasteiger partial charge in [0.1, 0.15) is 102 Å². The molecule has 39 N–H and O–H groups in total. The number of unbranched alkanes of at least 4 members (excludes halogenated alkanes) is 1. The van der Waals surface area contributed by atoms with Crippen molar-refractivity contribution in [2.24, 2.45) is 63.6 Å². The zero-order valence-corrected chi connectivity index (χ0v) is 78.8. The third-order valence-electron chi connectivity index (χ3n) is 22.3. The van der Waals surface area contributed by atoms with Crippen molar-refractivity contribution >= 4 is 138 Å². The van der Waals surface area contributed by atoms with Crippen LogP contribution in [0.5, 0.6) is 11.5 Å². The van der Waals surface area contributed by atoms with Gasteiger partial charge in [-0.15, -0.1) is 0 Å². The number of thiol groups is 2. The molecule has 0 aliphatic carbocycles. The van der Waals surface area contributed by atoms with Gasteiger partial charge in [0.05, 0.1) is 24.7 Å². The lowest BCUT2D eigenvalue weighted by Gasteiger charge is -2.32. The molecule has 1 heterocycles. The maximum Gasteiger partial charge on any atom is 0.326 e. The number of hydrogen-bond donors (Lipinski definition) is 33. The number of nitrogens with zero attached hydrogens (tertiary/aromatic N) is 1. The van der Waals surface area contributed by atoms with Gasteiger partial charge in [0.2, 0.25) is 94.5 Å². The Morgan fingerprint density at radius 2 is 0.741 bits per heavy atom. The van der Waals surface area contributed by atoms with Gasteiger partial charge in [-0.25, -0.2) is 4.79 Å². The summed E-state index contributed by atoms with van der Waals surface area (Å²) < 4.78 is 0. The van der Waals surface area contributed by atoms with Crippen LogP contribution in [0.15, 0.2) is 48.5 Å². The molecule has 0 bridgehead atoms. The number of nitrogens with two attached hydrogens (primary N) is 8. The first kappa shape index (κ1) is 117. The fourth-order valence-electron chi connectivity index (χ4n) is 13.9. The van der Waals surface area contributed by atoms with Crippen molar-refractivity contribution in [1.29, 1.82) is 10.8 Å². The molecule has 20 atom stereocenters. The number of amides is 16. The number of carboxylic acids is 1. The van der Waals surface area contributed by atoms with Gasteiger partial charge >= 0.3 is 5.97 Å². The van der Waals surface area contributed by atoms with Crippen LogP contribution in [0.25, 0.3) is 0 Å². The Kier molecular flexibility index (Phi) is 52.4. The number of primary amides is 1. The van der Waals surface area contributed by atoms with E-state index < -0.39 is 257 Å². The van der Waals surface area contributed by atoms with E-state index in [9.17, 15) is 107 Å². The normalized spacial score (nSPS) is 16.9. The zero-order valence-electron chi connectivity index (χ0n) is 77.1. The van der Waals surface area contributed by atoms with Crippen LogP contribution in [-0.4, -0.2) is 309 Å². The SMILES string of the molecule is CC[C@H](C)[C@H](NC(=O)[C@@H](NC(=O)[C@@H]1C[C@@H](O)CN1C(=O)[C@@H](N)C(C)C)[C@@H](C)CC)C(=O)N[C@@H](Cc1ccc(O)cc1)C(=O)N[C@@H](CS)C(=O)N[C@@H](CC(N)=O)C(=O)N[C@@H](CCCNC(=N)N)C(=O)N[C@@H](CCN)C(=O)N[C@H](C(=O)N[C@H](CCN)C(=O)N[C@@H](CCCCN)C(=O)N[C@@H](CS)C(=O)N[C@@H](CCN)C(=O)N[C@@H](CCCNC(=N)N)C(=O)N[C@@H](Cc1ccc(O)cc1)C(=O)O)[C@@H](C)O. The fourth-order valence-corrected chi connectivity index (χ4v) is 14.4. The van der Waals surface area contributed by atoms with Crippen LogP contribution in [0.3, 0.4) is 0 Å². The first-order valence-electron chi connectivity index (χ1n) is 44.7. The number of carbonyl (C=O) groups is 17. The third-order valence-corrected chi connectivity index (χ3v) is 23.0. The van der Waals surface area contributed by atoms with Crippen LogP contribution in [0.4, 0.5) is 0 Å². The maximum absolute atomic E-state index is 14.7. The number of phenols is 2. The number of aromatic hydroxyl groups is 2. The van der Waals surface area contributed by atoms with Gasteiger partial charge in [0.25, 0.3) is 0 Å². The largest absolute Gasteiger partial charge is 0.508 e. The molecule has 756 valence electrons. The van der Waals surface area contributed by atoms with E-state index in [-0.39, 0.29) is 140 Å². The number of aliphatic carboxylic acids is 1. The van der Waals surface area contributed by atoms with E-state index in [0.717, 1.165) is 6.92 Å². The topological polar surface area (TPSA) is 843 Å². The number of aliphatic hydroxyl groups is 2. The Morgan fingerprint density at radius 3 is 1.11 bits per heavy atom. The molecule has 49 nitrogen and oxygen atoms in total. The highest BCUT2D eigenvalue weighted by molar-refractivity contribution is 7.80. The van der Waals surface area contributed by atoms with Crippen molar-refractivity contribution in [2.75, 3.05) is 57.3 Å². The Bertz CT molecular complexity index is 4300. The monoisotopic (exact) mass is 1940 g/mol. The van der Waals surface area contributed by atoms with Crippen molar-refractivity contribution in [3.05, 3.63) is 59.7 Å². The summed E-state index contributed by atoms with van der Waals surface area (Å²) in [5.74, 6) is -21.3. The van der Waals surface area contributed by atoms with E-state index in [1.165, 1.54) is 53.4 Å². The van der Waals surface area contributed by atoms with Crippen LogP contribution >= 0.6 is 25.3 Å². The molecule has 2 aromatic rings. The van der Waals surface area contributed by atoms with Crippen LogP contribution in [0.1, 0.15) is 149 Å². The number of carboxylic acid groups (broad SMARTS) is 1. The number of β-amino-alcohol motifs (C(OH)–C–C–N with tert-alkyl or cyclic N) is 1. The Labute approximate surface area is 793 Å². The molecule has 2 aromatic carbocycles. The standard InChI is InChI=1S/C84H141N27O22S2/c1-8-42(5)64(109-79(129)65(43(6)9-2)108-77(127)61-36-49(115)38-111(61)81(131)63(90)41(3)4)78(128)104-56(34-45-17-21-47(113)22-18-45)73(123)107-60(40-135)76(126)103-57(37-62(89)116)74(124)99-51(15-12-32-95-83(91)92)67(117)100-55(27-31-88)72(122)110-66(44(7)112)80(130)102-54(26-30-87)71(121)97-50(14-10-11-28-85)69(119)106-59(39-134)75(125)101-53(25-29-86)70(120)98-52(16-13-33-96-84(93)94)68(118)105-58(82(132)133)35-46-19-23-48(114)24-20-46/h17-24,41-44,49-61,63-66,112-115,134-135H,8-16,25-40,85-88,90H2,1-7H3,(H2,89,116)(H,97,121)(H,98,120)(H,99,124)(H,100,117)(H,101,125)(H,102,130)(H,103,126)(H,104,128)(H,105,118)(H,106,119)(H,107,123)(H,108,127)(H,109,129)(H,110,122)(H,132,133)(H4,91,92,95)(H4,93,94,96)/t42-,43-,44+,49+,50-,51-,52-,53-,54+,55-,56-,57-,58-,59-,60-,61-,63-,64-,65-,66-/m0/s1. The van der Waals surface area contributed by atoms with E-state index in [1.807, 2.05) is 0 Å². The van der Waals surface area contributed by atoms with Gasteiger partial charge in [-0.3, -0.25) is 87.5 Å². The van der Waals surface area contributed by atoms with Crippen LogP contribution in [0, 0.1) is 28.6 Å². The van der Waals surface area contributed by atoms with Gasteiger partial charge in [-0.2, -0.15) is 25.3 Å². The number of likely N-dealkylation sites (tertiary alicyclic amines) is 1. The number of phenolic OH excluding ortho intramolecular Hbond substituents is 2. The highest BCUT2D eigenvalue weighted by atomic mass is 32.1. The second-order valence-electron chi connectivity index (χ2n) is 33.4. The zero-order chi connectivity index (χ0) is 102. The molecule has 1 aliphatic rings. The molecule has 51 heteroatoms. The second-order valence-corrected chi connectivity index (χ2v) is 34.1. The van der Waals surface area contributed by atoms with Gasteiger partial charge < -0.3 is 161 Å². The molecule has 0 spiro atoms. The van der Waals surface area contributed by atoms with Crippen molar-refractivity contribution in [2.45, 2.75) is 260 Å². The van der Waals surface area contributed by atoms with Crippen molar-refractivity contribution in [1.82, 2.24) is 90.0 Å². The lowest BCUT2D eigenvalue weighted by Crippen LogP contribution is -2.63. The van der Waals surface area contributed by atoms with E-state index in [2.05, 4.69) is 110 Å². The Balaban J connectivity index is 1.91. The molecule has 0 radical (unpaired) electrons. The fraction of sp³-hybridized carbons (Fsp3) is 0.631. The lowest BCUT2D eigenvalue weighted by atomic mass is 9.94. The highest BCUT2D eigenvalue weighted by Crippen LogP contribution is 2.24. The number of aliphatic hydroxyl groups excluding tert-OH is 2. The smallest absolute Gasteiger partial charge is 0.326 e. The average Bonchev–Trinajstić information content (AvgIpc) is 1.68. The summed E-state index contributed by atoms with van der Waals surface area (Å²) in [5.41, 5.74) is 47.0. The average molecular weight is 1950 g/mol. The molecule has 0 unspecified atom stereocenters. The van der Waals surface area contributed by atoms with Gasteiger partial charge in [-0.05, 0) is 150 Å². The van der Waals surface area contributed by atoms with Gasteiger partial charge in [0, 0.05) is 50.4 Å². The van der Waals surface area contributed by atoms with Crippen molar-refractivity contribution in [3.63, 3.8) is 0 Å². The second kappa shape index (κ2) is 60.4. The number of carbonyl (C=O) groups excluding carboxylic acids is 16. The van der Waals surface area contributed by atoms with Gasteiger partial charge in [0.15, 0.2) is 11.9 Å². The van der Waals surface area contributed by atoms with E-state index >= 15 is 0 Å². The van der Waals surface area contributed by atoms with Crippen LogP contribution in [-0.2, 0) is 94.3 Å².